The quantitative estimate of drug-likeness (QED) is 0.805. The van der Waals surface area contributed by atoms with Gasteiger partial charge in [-0.15, -0.1) is 0 Å². The summed E-state index contributed by atoms with van der Waals surface area (Å²) in [5.74, 6) is 0.860. The number of hydrogen-bond acceptors (Lipinski definition) is 2. The monoisotopic (exact) mass is 253 g/mol. The SMILES string of the molecule is CC(C)(C)CCOc1ccc(C#N)c2ccccc12. The highest BCUT2D eigenvalue weighted by atomic mass is 16.5. The largest absolute Gasteiger partial charge is 0.493 e. The van der Waals surface area contributed by atoms with E-state index >= 15 is 0 Å². The van der Waals surface area contributed by atoms with Crippen molar-refractivity contribution in [1.29, 1.82) is 5.26 Å². The molecule has 2 aromatic carbocycles. The molecule has 0 saturated heterocycles. The van der Waals surface area contributed by atoms with Gasteiger partial charge in [0.2, 0.25) is 0 Å². The molecular formula is C17H19NO. The number of ether oxygens (including phenoxy) is 1. The Morgan fingerprint density at radius 1 is 1.05 bits per heavy atom. The molecule has 0 fully saturated rings. The third-order valence-electron chi connectivity index (χ3n) is 3.11. The Balaban J connectivity index is 2.28. The first-order valence-electron chi connectivity index (χ1n) is 6.56. The Morgan fingerprint density at radius 2 is 1.74 bits per heavy atom. The maximum absolute atomic E-state index is 9.12. The topological polar surface area (TPSA) is 33.0 Å². The van der Waals surface area contributed by atoms with E-state index in [-0.39, 0.29) is 5.41 Å². The molecule has 0 spiro atoms. The van der Waals surface area contributed by atoms with Crippen LogP contribution in [0.2, 0.25) is 0 Å². The van der Waals surface area contributed by atoms with Gasteiger partial charge >= 0.3 is 0 Å². The fourth-order valence-electron chi connectivity index (χ4n) is 1.96. The predicted octanol–water partition coefficient (Wildman–Crippen LogP) is 4.53. The minimum atomic E-state index is 0.266. The van der Waals surface area contributed by atoms with Gasteiger partial charge in [-0.05, 0) is 24.0 Å². The number of rotatable bonds is 3. The summed E-state index contributed by atoms with van der Waals surface area (Å²) in [7, 11) is 0. The second-order valence-electron chi connectivity index (χ2n) is 5.93. The Kier molecular flexibility index (Phi) is 3.76. The molecule has 0 aromatic heterocycles. The molecule has 0 aliphatic rings. The Morgan fingerprint density at radius 3 is 2.37 bits per heavy atom. The zero-order valence-corrected chi connectivity index (χ0v) is 11.7. The van der Waals surface area contributed by atoms with Crippen molar-refractivity contribution in [2.24, 2.45) is 5.41 Å². The molecule has 0 radical (unpaired) electrons. The van der Waals surface area contributed by atoms with Gasteiger partial charge in [0, 0.05) is 10.8 Å². The van der Waals surface area contributed by atoms with Crippen LogP contribution in [0, 0.1) is 16.7 Å². The van der Waals surface area contributed by atoms with Gasteiger partial charge in [0.1, 0.15) is 5.75 Å². The van der Waals surface area contributed by atoms with E-state index in [1.165, 1.54) is 0 Å². The Bertz CT molecular complexity index is 617. The summed E-state index contributed by atoms with van der Waals surface area (Å²) < 4.78 is 5.89. The summed E-state index contributed by atoms with van der Waals surface area (Å²) in [5.41, 5.74) is 0.960. The van der Waals surface area contributed by atoms with E-state index in [2.05, 4.69) is 26.8 Å². The van der Waals surface area contributed by atoms with E-state index in [1.54, 1.807) is 0 Å². The second-order valence-corrected chi connectivity index (χ2v) is 5.93. The summed E-state index contributed by atoms with van der Waals surface area (Å²) in [5, 5.41) is 11.1. The fraction of sp³-hybridized carbons (Fsp3) is 0.353. The van der Waals surface area contributed by atoms with Crippen molar-refractivity contribution in [3.63, 3.8) is 0 Å². The molecule has 0 unspecified atom stereocenters. The first-order chi connectivity index (χ1) is 9.01. The minimum absolute atomic E-state index is 0.266. The summed E-state index contributed by atoms with van der Waals surface area (Å²) in [6.07, 6.45) is 1.00. The highest BCUT2D eigenvalue weighted by Gasteiger charge is 2.11. The summed E-state index contributed by atoms with van der Waals surface area (Å²) in [4.78, 5) is 0. The van der Waals surface area contributed by atoms with E-state index < -0.39 is 0 Å². The first kappa shape index (κ1) is 13.4. The summed E-state index contributed by atoms with van der Waals surface area (Å²) in [6, 6.07) is 13.8. The Labute approximate surface area is 114 Å². The molecule has 0 aliphatic heterocycles. The predicted molar refractivity (Wildman–Crippen MR) is 78.2 cm³/mol. The molecule has 0 bridgehead atoms. The molecule has 2 rings (SSSR count). The average molecular weight is 253 g/mol. The van der Waals surface area contributed by atoms with Gasteiger partial charge in [-0.1, -0.05) is 45.0 Å². The summed E-state index contributed by atoms with van der Waals surface area (Å²) >= 11 is 0. The van der Waals surface area contributed by atoms with Gasteiger partial charge in [-0.3, -0.25) is 0 Å². The first-order valence-corrected chi connectivity index (χ1v) is 6.56. The van der Waals surface area contributed by atoms with E-state index in [4.69, 9.17) is 10.00 Å². The van der Waals surface area contributed by atoms with Crippen molar-refractivity contribution in [1.82, 2.24) is 0 Å². The fourth-order valence-corrected chi connectivity index (χ4v) is 1.96. The standard InChI is InChI=1S/C17H19NO/c1-17(2,3)10-11-19-16-9-8-13(12-18)14-6-4-5-7-15(14)16/h4-9H,10-11H2,1-3H3. The van der Waals surface area contributed by atoms with Gasteiger partial charge < -0.3 is 4.74 Å². The number of fused-ring (bicyclic) bond motifs is 1. The molecular weight excluding hydrogens is 234 g/mol. The Hall–Kier alpha value is -2.01. The lowest BCUT2D eigenvalue weighted by Crippen LogP contribution is -2.11. The van der Waals surface area contributed by atoms with Crippen LogP contribution in [0.3, 0.4) is 0 Å². The molecule has 19 heavy (non-hydrogen) atoms. The molecule has 98 valence electrons. The average Bonchev–Trinajstić information content (AvgIpc) is 2.37. The van der Waals surface area contributed by atoms with Crippen LogP contribution in [0.4, 0.5) is 0 Å². The van der Waals surface area contributed by atoms with Crippen LogP contribution in [-0.2, 0) is 0 Å². The molecule has 2 aromatic rings. The van der Waals surface area contributed by atoms with E-state index in [0.717, 1.165) is 22.9 Å². The van der Waals surface area contributed by atoms with Gasteiger partial charge in [0.25, 0.3) is 0 Å². The highest BCUT2D eigenvalue weighted by Crippen LogP contribution is 2.29. The molecule has 0 saturated carbocycles. The van der Waals surface area contributed by atoms with E-state index in [0.29, 0.717) is 12.2 Å². The number of benzene rings is 2. The van der Waals surface area contributed by atoms with Crippen LogP contribution in [-0.4, -0.2) is 6.61 Å². The van der Waals surface area contributed by atoms with Crippen LogP contribution in [0.1, 0.15) is 32.8 Å². The van der Waals surface area contributed by atoms with Gasteiger partial charge in [-0.2, -0.15) is 5.26 Å². The van der Waals surface area contributed by atoms with Crippen molar-refractivity contribution >= 4 is 10.8 Å². The maximum atomic E-state index is 9.12. The van der Waals surface area contributed by atoms with Gasteiger partial charge in [-0.25, -0.2) is 0 Å². The minimum Gasteiger partial charge on any atom is -0.493 e. The smallest absolute Gasteiger partial charge is 0.127 e. The molecule has 0 aliphatic carbocycles. The molecule has 2 nitrogen and oxygen atoms in total. The lowest BCUT2D eigenvalue weighted by molar-refractivity contribution is 0.245. The zero-order valence-electron chi connectivity index (χ0n) is 11.7. The third-order valence-corrected chi connectivity index (χ3v) is 3.11. The van der Waals surface area contributed by atoms with Crippen LogP contribution in [0.25, 0.3) is 10.8 Å². The van der Waals surface area contributed by atoms with Crippen molar-refractivity contribution in [3.05, 3.63) is 42.0 Å². The van der Waals surface area contributed by atoms with Crippen LogP contribution >= 0.6 is 0 Å². The van der Waals surface area contributed by atoms with Crippen LogP contribution in [0.5, 0.6) is 5.75 Å². The number of hydrogen-bond donors (Lipinski definition) is 0. The zero-order chi connectivity index (χ0) is 13.9. The van der Waals surface area contributed by atoms with Crippen LogP contribution < -0.4 is 4.74 Å². The lowest BCUT2D eigenvalue weighted by atomic mass is 9.93. The van der Waals surface area contributed by atoms with Gasteiger partial charge in [0.15, 0.2) is 0 Å². The highest BCUT2D eigenvalue weighted by molar-refractivity contribution is 5.92. The van der Waals surface area contributed by atoms with Crippen molar-refractivity contribution in [2.45, 2.75) is 27.2 Å². The van der Waals surface area contributed by atoms with Crippen molar-refractivity contribution in [2.75, 3.05) is 6.61 Å². The molecule has 0 amide bonds. The third kappa shape index (κ3) is 3.26. The number of nitriles is 1. The molecule has 0 atom stereocenters. The molecule has 0 heterocycles. The number of nitrogens with zero attached hydrogens (tertiary/aromatic N) is 1. The second kappa shape index (κ2) is 5.32. The van der Waals surface area contributed by atoms with Crippen LogP contribution in [0.15, 0.2) is 36.4 Å². The molecule has 2 heteroatoms. The van der Waals surface area contributed by atoms with E-state index in [9.17, 15) is 0 Å². The molecule has 0 N–H and O–H groups in total. The normalized spacial score (nSPS) is 11.3. The van der Waals surface area contributed by atoms with E-state index in [1.807, 2.05) is 36.4 Å². The van der Waals surface area contributed by atoms with Crippen molar-refractivity contribution < 1.29 is 4.74 Å². The van der Waals surface area contributed by atoms with Gasteiger partial charge in [0.05, 0.1) is 18.2 Å². The van der Waals surface area contributed by atoms with Crippen molar-refractivity contribution in [3.8, 4) is 11.8 Å². The lowest BCUT2D eigenvalue weighted by Gasteiger charge is -2.18. The summed E-state index contributed by atoms with van der Waals surface area (Å²) in [6.45, 7) is 7.30. The maximum Gasteiger partial charge on any atom is 0.127 e.